The Balaban J connectivity index is 2.12. The molecule has 0 saturated heterocycles. The van der Waals surface area contributed by atoms with Gasteiger partial charge in [-0.25, -0.2) is 5.43 Å². The molecule has 0 aliphatic rings. The summed E-state index contributed by atoms with van der Waals surface area (Å²) >= 11 is 1.04. The summed E-state index contributed by atoms with van der Waals surface area (Å²) in [4.78, 5) is 27.4. The van der Waals surface area contributed by atoms with E-state index in [1.165, 1.54) is 30.6 Å². The van der Waals surface area contributed by atoms with Crippen molar-refractivity contribution in [3.05, 3.63) is 52.5 Å². The number of aromatic nitrogens is 1. The lowest BCUT2D eigenvalue weighted by Gasteiger charge is -2.09. The van der Waals surface area contributed by atoms with Crippen molar-refractivity contribution >= 4 is 28.7 Å². The molecular weight excluding hydrogens is 331 g/mol. The van der Waals surface area contributed by atoms with E-state index in [1.54, 1.807) is 11.4 Å². The van der Waals surface area contributed by atoms with Crippen molar-refractivity contribution in [2.45, 2.75) is 12.6 Å². The van der Waals surface area contributed by atoms with Crippen molar-refractivity contribution in [3.63, 3.8) is 0 Å². The van der Waals surface area contributed by atoms with Crippen molar-refractivity contribution in [3.8, 4) is 0 Å². The third kappa shape index (κ3) is 4.71. The number of pyridine rings is 1. The Morgan fingerprint density at radius 3 is 2.48 bits per heavy atom. The second kappa shape index (κ2) is 7.14. The van der Waals surface area contributed by atoms with E-state index in [0.717, 1.165) is 11.3 Å². The largest absolute Gasteiger partial charge is 0.431 e. The standard InChI is InChI=1S/C14H10F3N3O2S/c15-14(16,17)12(8-10(21)11-2-1-7-23-11)19-20-13(22)9-3-5-18-6-4-9/h1-7H,8H2,(H,20,22). The number of rotatable bonds is 5. The topological polar surface area (TPSA) is 71.4 Å². The summed E-state index contributed by atoms with van der Waals surface area (Å²) in [6, 6.07) is 5.65. The van der Waals surface area contributed by atoms with Gasteiger partial charge in [0.15, 0.2) is 5.78 Å². The molecule has 0 fully saturated rings. The van der Waals surface area contributed by atoms with Crippen molar-refractivity contribution in [2.75, 3.05) is 0 Å². The summed E-state index contributed by atoms with van der Waals surface area (Å²) in [7, 11) is 0. The summed E-state index contributed by atoms with van der Waals surface area (Å²) < 4.78 is 38.8. The van der Waals surface area contributed by atoms with Gasteiger partial charge in [0, 0.05) is 18.0 Å². The fourth-order valence-corrected chi connectivity index (χ4v) is 2.23. The minimum atomic E-state index is -4.82. The number of alkyl halides is 3. The highest BCUT2D eigenvalue weighted by molar-refractivity contribution is 7.12. The van der Waals surface area contributed by atoms with Crippen LogP contribution in [-0.2, 0) is 0 Å². The molecule has 5 nitrogen and oxygen atoms in total. The highest BCUT2D eigenvalue weighted by Crippen LogP contribution is 2.22. The minimum absolute atomic E-state index is 0.106. The third-order valence-electron chi connectivity index (χ3n) is 2.69. The molecule has 23 heavy (non-hydrogen) atoms. The van der Waals surface area contributed by atoms with Crippen LogP contribution in [0.15, 0.2) is 47.1 Å². The van der Waals surface area contributed by atoms with Crippen LogP contribution in [0.2, 0.25) is 0 Å². The number of hydrogen-bond donors (Lipinski definition) is 1. The van der Waals surface area contributed by atoms with E-state index in [-0.39, 0.29) is 10.4 Å². The van der Waals surface area contributed by atoms with E-state index < -0.39 is 30.0 Å². The maximum absolute atomic E-state index is 12.9. The normalized spacial score (nSPS) is 12.0. The lowest BCUT2D eigenvalue weighted by molar-refractivity contribution is -0.0605. The number of Topliss-reactive ketones (excluding diaryl/α,β-unsaturated/α-hetero) is 1. The zero-order valence-electron chi connectivity index (χ0n) is 11.5. The Morgan fingerprint density at radius 2 is 1.91 bits per heavy atom. The molecule has 0 aliphatic carbocycles. The molecule has 120 valence electrons. The Labute approximate surface area is 132 Å². The summed E-state index contributed by atoms with van der Waals surface area (Å²) in [5, 5.41) is 4.66. The SMILES string of the molecule is O=C(NN=C(CC(=O)c1cccs1)C(F)(F)F)c1ccncc1. The summed E-state index contributed by atoms with van der Waals surface area (Å²) in [6.07, 6.45) is -3.12. The second-order valence-corrected chi connectivity index (χ2v) is 5.26. The average molecular weight is 341 g/mol. The van der Waals surface area contributed by atoms with Gasteiger partial charge >= 0.3 is 6.18 Å². The first kappa shape index (κ1) is 16.8. The highest BCUT2D eigenvalue weighted by Gasteiger charge is 2.37. The predicted molar refractivity (Wildman–Crippen MR) is 78.5 cm³/mol. The van der Waals surface area contributed by atoms with Crippen LogP contribution in [0.3, 0.4) is 0 Å². The van der Waals surface area contributed by atoms with Crippen LogP contribution in [0.1, 0.15) is 26.5 Å². The number of halogens is 3. The van der Waals surface area contributed by atoms with E-state index in [4.69, 9.17) is 0 Å². The van der Waals surface area contributed by atoms with Crippen LogP contribution < -0.4 is 5.43 Å². The maximum atomic E-state index is 12.9. The Bertz CT molecular complexity index is 713. The van der Waals surface area contributed by atoms with Crippen LogP contribution in [0.25, 0.3) is 0 Å². The van der Waals surface area contributed by atoms with Gasteiger partial charge in [-0.2, -0.15) is 18.3 Å². The molecule has 9 heteroatoms. The number of amides is 1. The summed E-state index contributed by atoms with van der Waals surface area (Å²) in [6.45, 7) is 0. The molecule has 1 N–H and O–H groups in total. The van der Waals surface area contributed by atoms with Crippen molar-refractivity contribution in [1.29, 1.82) is 0 Å². The Hall–Kier alpha value is -2.55. The number of ketones is 1. The van der Waals surface area contributed by atoms with Gasteiger partial charge in [0.05, 0.1) is 11.3 Å². The smallest absolute Gasteiger partial charge is 0.293 e. The van der Waals surface area contributed by atoms with Crippen LogP contribution >= 0.6 is 11.3 Å². The maximum Gasteiger partial charge on any atom is 0.431 e. The average Bonchev–Trinajstić information content (AvgIpc) is 3.05. The molecule has 2 rings (SSSR count). The second-order valence-electron chi connectivity index (χ2n) is 4.31. The predicted octanol–water partition coefficient (Wildman–Crippen LogP) is 3.06. The molecule has 0 spiro atoms. The van der Waals surface area contributed by atoms with Gasteiger partial charge in [-0.3, -0.25) is 14.6 Å². The quantitative estimate of drug-likeness (QED) is 0.516. The van der Waals surface area contributed by atoms with E-state index >= 15 is 0 Å². The zero-order valence-corrected chi connectivity index (χ0v) is 12.3. The zero-order chi connectivity index (χ0) is 16.9. The Kier molecular flexibility index (Phi) is 5.22. The van der Waals surface area contributed by atoms with Gasteiger partial charge in [0.2, 0.25) is 0 Å². The van der Waals surface area contributed by atoms with Crippen LogP contribution in [0.5, 0.6) is 0 Å². The molecule has 2 aromatic rings. The molecule has 2 heterocycles. The number of carbonyl (C=O) groups is 2. The number of hydrogen-bond acceptors (Lipinski definition) is 5. The lowest BCUT2D eigenvalue weighted by Crippen LogP contribution is -2.30. The molecule has 2 aromatic heterocycles. The molecule has 1 amide bonds. The third-order valence-corrected chi connectivity index (χ3v) is 3.60. The molecule has 0 aliphatic heterocycles. The number of nitrogens with one attached hydrogen (secondary N) is 1. The van der Waals surface area contributed by atoms with E-state index in [0.29, 0.717) is 0 Å². The summed E-state index contributed by atoms with van der Waals surface area (Å²) in [5.74, 6) is -1.54. The van der Waals surface area contributed by atoms with Gasteiger partial charge in [0.25, 0.3) is 5.91 Å². The van der Waals surface area contributed by atoms with Crippen LogP contribution in [-0.4, -0.2) is 28.6 Å². The first-order valence-electron chi connectivity index (χ1n) is 6.29. The lowest BCUT2D eigenvalue weighted by atomic mass is 10.1. The van der Waals surface area contributed by atoms with E-state index in [2.05, 4.69) is 10.1 Å². The monoisotopic (exact) mass is 341 g/mol. The molecule has 0 bridgehead atoms. The molecular formula is C14H10F3N3O2S. The molecule has 0 atom stereocenters. The molecule has 0 radical (unpaired) electrons. The number of thiophene rings is 1. The van der Waals surface area contributed by atoms with E-state index in [1.807, 2.05) is 5.43 Å². The van der Waals surface area contributed by atoms with Crippen molar-refractivity contribution in [2.24, 2.45) is 5.10 Å². The van der Waals surface area contributed by atoms with E-state index in [9.17, 15) is 22.8 Å². The Morgan fingerprint density at radius 1 is 1.22 bits per heavy atom. The minimum Gasteiger partial charge on any atom is -0.293 e. The first-order chi connectivity index (χ1) is 10.9. The molecule has 0 unspecified atom stereocenters. The number of carbonyl (C=O) groups excluding carboxylic acids is 2. The van der Waals surface area contributed by atoms with Crippen LogP contribution in [0, 0.1) is 0 Å². The molecule has 0 aromatic carbocycles. The van der Waals surface area contributed by atoms with Gasteiger partial charge in [-0.05, 0) is 23.6 Å². The van der Waals surface area contributed by atoms with Crippen LogP contribution in [0.4, 0.5) is 13.2 Å². The first-order valence-corrected chi connectivity index (χ1v) is 7.16. The highest BCUT2D eigenvalue weighted by atomic mass is 32.1. The van der Waals surface area contributed by atoms with Crippen molar-refractivity contribution < 1.29 is 22.8 Å². The molecule has 0 saturated carbocycles. The van der Waals surface area contributed by atoms with Gasteiger partial charge in [-0.15, -0.1) is 11.3 Å². The van der Waals surface area contributed by atoms with Gasteiger partial charge < -0.3 is 0 Å². The summed E-state index contributed by atoms with van der Waals surface area (Å²) in [5.41, 5.74) is 0.552. The fourth-order valence-electron chi connectivity index (χ4n) is 1.57. The fraction of sp³-hybridized carbons (Fsp3) is 0.143. The van der Waals surface area contributed by atoms with Gasteiger partial charge in [-0.1, -0.05) is 6.07 Å². The number of hydrazone groups is 1. The number of nitrogens with zero attached hydrogens (tertiary/aromatic N) is 2. The van der Waals surface area contributed by atoms with Crippen molar-refractivity contribution in [1.82, 2.24) is 10.4 Å². The van der Waals surface area contributed by atoms with Gasteiger partial charge in [0.1, 0.15) is 5.71 Å².